The Morgan fingerprint density at radius 3 is 2.59 bits per heavy atom. The molecule has 0 saturated heterocycles. The van der Waals surface area contributed by atoms with Crippen LogP contribution in [0.2, 0.25) is 0 Å². The molecule has 2 aliphatic carbocycles. The standard InChI is InChI=1S/C16H24N4O2/c21-15(7-8-16(22)18-12-3-1-2-4-12)17-10-13-9-14(20-19-13)11-5-6-11/h9,11-12H,1-8,10H2,(H,17,21)(H,18,22)(H,19,20). The van der Waals surface area contributed by atoms with E-state index in [9.17, 15) is 9.59 Å². The second-order valence-electron chi connectivity index (χ2n) is 6.42. The van der Waals surface area contributed by atoms with Crippen LogP contribution in [0.25, 0.3) is 0 Å². The number of nitrogens with zero attached hydrogens (tertiary/aromatic N) is 1. The molecule has 2 fully saturated rings. The van der Waals surface area contributed by atoms with Crippen molar-refractivity contribution in [2.75, 3.05) is 0 Å². The zero-order valence-electron chi connectivity index (χ0n) is 12.9. The Morgan fingerprint density at radius 2 is 1.86 bits per heavy atom. The molecule has 1 heterocycles. The minimum absolute atomic E-state index is 0.0143. The molecule has 1 aromatic rings. The molecule has 2 amide bonds. The molecule has 1 aromatic heterocycles. The summed E-state index contributed by atoms with van der Waals surface area (Å²) in [6.07, 6.45) is 7.46. The van der Waals surface area contributed by atoms with E-state index < -0.39 is 0 Å². The first-order chi connectivity index (χ1) is 10.7. The van der Waals surface area contributed by atoms with Gasteiger partial charge in [-0.1, -0.05) is 12.8 Å². The van der Waals surface area contributed by atoms with Crippen molar-refractivity contribution in [1.29, 1.82) is 0 Å². The lowest BCUT2D eigenvalue weighted by Crippen LogP contribution is -2.33. The quantitative estimate of drug-likeness (QED) is 0.717. The summed E-state index contributed by atoms with van der Waals surface area (Å²) in [4.78, 5) is 23.5. The van der Waals surface area contributed by atoms with Crippen molar-refractivity contribution in [2.24, 2.45) is 0 Å². The van der Waals surface area contributed by atoms with Crippen molar-refractivity contribution in [3.05, 3.63) is 17.5 Å². The van der Waals surface area contributed by atoms with Gasteiger partial charge >= 0.3 is 0 Å². The topological polar surface area (TPSA) is 86.9 Å². The van der Waals surface area contributed by atoms with Crippen LogP contribution in [0.5, 0.6) is 0 Å². The minimum Gasteiger partial charge on any atom is -0.353 e. The van der Waals surface area contributed by atoms with Gasteiger partial charge in [0.15, 0.2) is 0 Å². The van der Waals surface area contributed by atoms with Gasteiger partial charge in [-0.3, -0.25) is 14.7 Å². The number of aromatic nitrogens is 2. The van der Waals surface area contributed by atoms with E-state index in [0.717, 1.165) is 24.2 Å². The molecular formula is C16H24N4O2. The molecule has 0 unspecified atom stereocenters. The average Bonchev–Trinajstić information content (AvgIpc) is 3.03. The van der Waals surface area contributed by atoms with Gasteiger partial charge < -0.3 is 10.6 Å². The smallest absolute Gasteiger partial charge is 0.220 e. The van der Waals surface area contributed by atoms with Gasteiger partial charge in [-0.05, 0) is 31.7 Å². The van der Waals surface area contributed by atoms with Crippen molar-refractivity contribution in [2.45, 2.75) is 69.9 Å². The fourth-order valence-electron chi connectivity index (χ4n) is 2.94. The van der Waals surface area contributed by atoms with Crippen LogP contribution in [0.1, 0.15) is 68.7 Å². The lowest BCUT2D eigenvalue weighted by molar-refractivity contribution is -0.126. The number of H-pyrrole nitrogens is 1. The number of aromatic amines is 1. The van der Waals surface area contributed by atoms with E-state index in [2.05, 4.69) is 20.8 Å². The van der Waals surface area contributed by atoms with E-state index in [0.29, 0.717) is 18.5 Å². The normalized spacial score (nSPS) is 18.4. The summed E-state index contributed by atoms with van der Waals surface area (Å²) in [5.41, 5.74) is 2.02. The number of hydrogen-bond donors (Lipinski definition) is 3. The molecule has 22 heavy (non-hydrogen) atoms. The lowest BCUT2D eigenvalue weighted by Gasteiger charge is -2.11. The van der Waals surface area contributed by atoms with Crippen molar-refractivity contribution >= 4 is 11.8 Å². The number of nitrogens with one attached hydrogen (secondary N) is 3. The van der Waals surface area contributed by atoms with Crippen molar-refractivity contribution in [3.63, 3.8) is 0 Å². The Bertz CT molecular complexity index is 530. The van der Waals surface area contributed by atoms with Gasteiger partial charge in [0.2, 0.25) is 11.8 Å². The maximum absolute atomic E-state index is 11.8. The molecule has 6 heteroatoms. The van der Waals surface area contributed by atoms with Gasteiger partial charge in [-0.15, -0.1) is 0 Å². The van der Waals surface area contributed by atoms with Gasteiger partial charge in [-0.25, -0.2) is 0 Å². The fraction of sp³-hybridized carbons (Fsp3) is 0.688. The van der Waals surface area contributed by atoms with Gasteiger partial charge in [0.25, 0.3) is 0 Å². The van der Waals surface area contributed by atoms with E-state index in [1.807, 2.05) is 6.07 Å². The third-order valence-corrected chi connectivity index (χ3v) is 4.42. The summed E-state index contributed by atoms with van der Waals surface area (Å²) in [5, 5.41) is 13.0. The molecular weight excluding hydrogens is 280 g/mol. The molecule has 120 valence electrons. The number of carbonyl (C=O) groups excluding carboxylic acids is 2. The van der Waals surface area contributed by atoms with Gasteiger partial charge in [0.05, 0.1) is 17.9 Å². The third-order valence-electron chi connectivity index (χ3n) is 4.42. The molecule has 2 saturated carbocycles. The summed E-state index contributed by atoms with van der Waals surface area (Å²) in [6.45, 7) is 0.447. The molecule has 0 bridgehead atoms. The Hall–Kier alpha value is -1.85. The number of hydrogen-bond acceptors (Lipinski definition) is 3. The minimum atomic E-state index is -0.0934. The van der Waals surface area contributed by atoms with Crippen molar-refractivity contribution in [3.8, 4) is 0 Å². The average molecular weight is 304 g/mol. The zero-order chi connectivity index (χ0) is 15.4. The van der Waals surface area contributed by atoms with Crippen LogP contribution in [-0.4, -0.2) is 28.1 Å². The molecule has 0 spiro atoms. The fourth-order valence-corrected chi connectivity index (χ4v) is 2.94. The van der Waals surface area contributed by atoms with Crippen LogP contribution >= 0.6 is 0 Å². The maximum Gasteiger partial charge on any atom is 0.220 e. The summed E-state index contributed by atoms with van der Waals surface area (Å²) >= 11 is 0. The summed E-state index contributed by atoms with van der Waals surface area (Å²) in [6, 6.07) is 2.34. The number of amides is 2. The highest BCUT2D eigenvalue weighted by Gasteiger charge is 2.26. The van der Waals surface area contributed by atoms with Crippen LogP contribution in [0.3, 0.4) is 0 Å². The molecule has 2 aliphatic rings. The first kappa shape index (κ1) is 15.1. The summed E-state index contributed by atoms with van der Waals surface area (Å²) in [7, 11) is 0. The Labute approximate surface area is 130 Å². The molecule has 3 rings (SSSR count). The summed E-state index contributed by atoms with van der Waals surface area (Å²) < 4.78 is 0. The van der Waals surface area contributed by atoms with E-state index >= 15 is 0 Å². The Morgan fingerprint density at radius 1 is 1.14 bits per heavy atom. The SMILES string of the molecule is O=C(CCC(=O)NC1CCCC1)NCc1cc(C2CC2)n[nH]1. The second kappa shape index (κ2) is 6.94. The van der Waals surface area contributed by atoms with E-state index in [4.69, 9.17) is 0 Å². The van der Waals surface area contributed by atoms with Crippen LogP contribution in [0.4, 0.5) is 0 Å². The van der Waals surface area contributed by atoms with Crippen LogP contribution in [0, 0.1) is 0 Å². The first-order valence-electron chi connectivity index (χ1n) is 8.31. The van der Waals surface area contributed by atoms with Gasteiger partial charge in [-0.2, -0.15) is 5.10 Å². The second-order valence-corrected chi connectivity index (χ2v) is 6.42. The molecule has 0 aliphatic heterocycles. The van der Waals surface area contributed by atoms with Gasteiger partial charge in [0, 0.05) is 24.8 Å². The number of rotatable bonds is 7. The Balaban J connectivity index is 1.32. The summed E-state index contributed by atoms with van der Waals surface area (Å²) in [5.74, 6) is 0.503. The van der Waals surface area contributed by atoms with Crippen LogP contribution in [0.15, 0.2) is 6.07 Å². The molecule has 6 nitrogen and oxygen atoms in total. The largest absolute Gasteiger partial charge is 0.353 e. The van der Waals surface area contributed by atoms with E-state index in [-0.39, 0.29) is 24.7 Å². The molecule has 3 N–H and O–H groups in total. The maximum atomic E-state index is 11.8. The van der Waals surface area contributed by atoms with Crippen molar-refractivity contribution in [1.82, 2.24) is 20.8 Å². The van der Waals surface area contributed by atoms with Gasteiger partial charge in [0.1, 0.15) is 0 Å². The molecule has 0 aromatic carbocycles. The highest BCUT2D eigenvalue weighted by atomic mass is 16.2. The predicted molar refractivity (Wildman–Crippen MR) is 82.0 cm³/mol. The van der Waals surface area contributed by atoms with E-state index in [1.54, 1.807) is 0 Å². The number of carbonyl (C=O) groups is 2. The Kier molecular flexibility index (Phi) is 4.75. The molecule has 0 atom stereocenters. The third kappa shape index (κ3) is 4.32. The molecule has 0 radical (unpaired) electrons. The lowest BCUT2D eigenvalue weighted by atomic mass is 10.2. The monoisotopic (exact) mass is 304 g/mol. The zero-order valence-corrected chi connectivity index (χ0v) is 12.9. The predicted octanol–water partition coefficient (Wildman–Crippen LogP) is 1.74. The van der Waals surface area contributed by atoms with Crippen LogP contribution < -0.4 is 10.6 Å². The van der Waals surface area contributed by atoms with E-state index in [1.165, 1.54) is 25.7 Å². The highest BCUT2D eigenvalue weighted by molar-refractivity contribution is 5.83. The van der Waals surface area contributed by atoms with Crippen molar-refractivity contribution < 1.29 is 9.59 Å². The van der Waals surface area contributed by atoms with Crippen LogP contribution in [-0.2, 0) is 16.1 Å². The highest BCUT2D eigenvalue weighted by Crippen LogP contribution is 2.38. The first-order valence-corrected chi connectivity index (χ1v) is 8.31.